The quantitative estimate of drug-likeness (QED) is 0.333. The van der Waals surface area contributed by atoms with E-state index >= 15 is 0 Å². The first-order valence-corrected chi connectivity index (χ1v) is 16.9. The van der Waals surface area contributed by atoms with Gasteiger partial charge in [-0.1, -0.05) is 59.6 Å². The van der Waals surface area contributed by atoms with Crippen LogP contribution in [-0.2, 0) is 25.3 Å². The van der Waals surface area contributed by atoms with Crippen LogP contribution in [0.4, 0.5) is 0 Å². The van der Waals surface area contributed by atoms with Crippen molar-refractivity contribution in [1.82, 2.24) is 9.21 Å². The Morgan fingerprint density at radius 1 is 0.949 bits per heavy atom. The Bertz CT molecular complexity index is 1530. The molecule has 10 heteroatoms. The smallest absolute Gasteiger partial charge is 0.242 e. The van der Waals surface area contributed by atoms with Crippen molar-refractivity contribution < 1.29 is 16.8 Å². The second-order valence-corrected chi connectivity index (χ2v) is 15.5. The molecule has 0 amide bonds. The zero-order valence-electron chi connectivity index (χ0n) is 21.8. The van der Waals surface area contributed by atoms with Crippen LogP contribution >= 0.6 is 23.2 Å². The molecule has 3 aromatic rings. The van der Waals surface area contributed by atoms with Gasteiger partial charge in [0.15, 0.2) is 9.84 Å². The lowest BCUT2D eigenvalue weighted by Crippen LogP contribution is -2.44. The number of hydrogen-bond acceptors (Lipinski definition) is 5. The number of fused-ring (bicyclic) bond motifs is 2. The molecule has 1 saturated heterocycles. The molecule has 0 radical (unpaired) electrons. The molecule has 0 saturated carbocycles. The molecular weight excluding hydrogens is 575 g/mol. The number of benzene rings is 3. The summed E-state index contributed by atoms with van der Waals surface area (Å²) >= 11 is 12.6. The topological polar surface area (TPSA) is 74.8 Å². The molecule has 1 unspecified atom stereocenters. The molecular formula is C29H32Cl2N2O4S2. The summed E-state index contributed by atoms with van der Waals surface area (Å²) in [5.41, 5.74) is 1.53. The molecule has 0 aromatic heterocycles. The summed E-state index contributed by atoms with van der Waals surface area (Å²) in [6, 6.07) is 21.2. The highest BCUT2D eigenvalue weighted by Crippen LogP contribution is 2.46. The van der Waals surface area contributed by atoms with E-state index < -0.39 is 19.9 Å². The van der Waals surface area contributed by atoms with Gasteiger partial charge in [0.1, 0.15) is 0 Å². The van der Waals surface area contributed by atoms with Crippen LogP contribution in [0.15, 0.2) is 82.6 Å². The van der Waals surface area contributed by atoms with Gasteiger partial charge in [0.2, 0.25) is 10.0 Å². The Morgan fingerprint density at radius 3 is 2.23 bits per heavy atom. The van der Waals surface area contributed by atoms with Crippen LogP contribution in [0.3, 0.4) is 0 Å². The summed E-state index contributed by atoms with van der Waals surface area (Å²) in [4.78, 5) is 3.09. The van der Waals surface area contributed by atoms with Crippen LogP contribution in [0.25, 0.3) is 0 Å². The van der Waals surface area contributed by atoms with Crippen LogP contribution in [0, 0.1) is 0 Å². The zero-order valence-corrected chi connectivity index (χ0v) is 24.9. The number of likely N-dealkylation sites (N-methyl/N-ethyl adjacent to an activating group) is 1. The molecule has 2 heterocycles. The number of sulfone groups is 1. The van der Waals surface area contributed by atoms with E-state index in [0.29, 0.717) is 21.4 Å². The largest absolute Gasteiger partial charge is 0.303 e. The van der Waals surface area contributed by atoms with Crippen molar-refractivity contribution in [3.63, 3.8) is 0 Å². The summed E-state index contributed by atoms with van der Waals surface area (Å²) in [6.07, 6.45) is 2.26. The SMILES string of the molecule is CN(CC(CCN1CCC2(CC1)CS(=O)(=O)c1ccccc12)c1cc(Cl)cc(Cl)c1)S(=O)(=O)c1ccccc1. The molecule has 1 atom stereocenters. The molecule has 0 N–H and O–H groups in total. The molecule has 2 aliphatic rings. The first-order valence-electron chi connectivity index (χ1n) is 13.0. The number of rotatable bonds is 8. The fourth-order valence-electron chi connectivity index (χ4n) is 6.01. The van der Waals surface area contributed by atoms with Crippen LogP contribution in [0.5, 0.6) is 0 Å². The summed E-state index contributed by atoms with van der Waals surface area (Å²) in [7, 11) is -5.32. The first kappa shape index (κ1) is 28.6. The number of sulfonamides is 1. The van der Waals surface area contributed by atoms with Gasteiger partial charge in [-0.05, 0) is 92.3 Å². The highest BCUT2D eigenvalue weighted by atomic mass is 35.5. The van der Waals surface area contributed by atoms with Crippen LogP contribution in [0.1, 0.15) is 36.3 Å². The number of hydrogen-bond donors (Lipinski definition) is 0. The Hall–Kier alpha value is -1.94. The van der Waals surface area contributed by atoms with Crippen LogP contribution in [-0.4, -0.2) is 65.0 Å². The van der Waals surface area contributed by atoms with Crippen molar-refractivity contribution in [2.45, 2.75) is 40.4 Å². The van der Waals surface area contributed by atoms with E-state index in [1.807, 2.05) is 24.3 Å². The summed E-state index contributed by atoms with van der Waals surface area (Å²) in [6.45, 7) is 2.59. The highest BCUT2D eigenvalue weighted by Gasteiger charge is 2.48. The van der Waals surface area contributed by atoms with Gasteiger partial charge in [-0.15, -0.1) is 0 Å². The Labute approximate surface area is 241 Å². The van der Waals surface area contributed by atoms with Crippen molar-refractivity contribution in [1.29, 1.82) is 0 Å². The summed E-state index contributed by atoms with van der Waals surface area (Å²) in [5, 5.41) is 1.02. The summed E-state index contributed by atoms with van der Waals surface area (Å²) in [5.74, 6) is 0.0482. The standard InChI is InChI=1S/C29H32Cl2N2O4S2/c1-32(39(36,37)26-7-3-2-4-8-26)20-22(23-17-24(30)19-25(31)18-23)11-14-33-15-12-29(13-16-33)21-38(34,35)28-10-6-5-9-27(28)29/h2-10,17-19,22H,11-16,20-21H2,1H3. The molecule has 208 valence electrons. The number of piperidine rings is 1. The van der Waals surface area contributed by atoms with E-state index in [2.05, 4.69) is 4.90 Å². The van der Waals surface area contributed by atoms with Gasteiger partial charge >= 0.3 is 0 Å². The molecule has 3 aromatic carbocycles. The van der Waals surface area contributed by atoms with Gasteiger partial charge < -0.3 is 4.90 Å². The second-order valence-electron chi connectivity index (χ2n) is 10.7. The molecule has 1 fully saturated rings. The Morgan fingerprint density at radius 2 is 1.56 bits per heavy atom. The molecule has 1 spiro atoms. The lowest BCUT2D eigenvalue weighted by molar-refractivity contribution is 0.165. The second kappa shape index (κ2) is 11.1. The fourth-order valence-corrected chi connectivity index (χ4v) is 10.0. The third kappa shape index (κ3) is 5.92. The minimum absolute atomic E-state index is 0.131. The molecule has 0 aliphatic carbocycles. The van der Waals surface area contributed by atoms with Crippen LogP contribution in [0.2, 0.25) is 10.0 Å². The molecule has 39 heavy (non-hydrogen) atoms. The molecule has 0 bridgehead atoms. The predicted molar refractivity (Wildman–Crippen MR) is 156 cm³/mol. The lowest BCUT2D eigenvalue weighted by Gasteiger charge is -2.40. The van der Waals surface area contributed by atoms with E-state index in [9.17, 15) is 16.8 Å². The minimum Gasteiger partial charge on any atom is -0.303 e. The van der Waals surface area contributed by atoms with E-state index in [4.69, 9.17) is 23.2 Å². The molecule has 5 rings (SSSR count). The fraction of sp³-hybridized carbons (Fsp3) is 0.379. The Balaban J connectivity index is 1.31. The normalized spacial score (nSPS) is 19.3. The number of nitrogens with zero attached hydrogens (tertiary/aromatic N) is 2. The van der Waals surface area contributed by atoms with E-state index in [0.717, 1.165) is 43.6 Å². The third-order valence-corrected chi connectivity index (χ3v) is 12.4. The van der Waals surface area contributed by atoms with Crippen molar-refractivity contribution in [2.75, 3.05) is 39.0 Å². The average molecular weight is 608 g/mol. The van der Waals surface area contributed by atoms with E-state index in [-0.39, 0.29) is 28.5 Å². The van der Waals surface area contributed by atoms with Crippen molar-refractivity contribution in [3.05, 3.63) is 94.0 Å². The lowest BCUT2D eigenvalue weighted by atomic mass is 9.74. The molecule has 2 aliphatic heterocycles. The highest BCUT2D eigenvalue weighted by molar-refractivity contribution is 7.91. The molecule has 6 nitrogen and oxygen atoms in total. The monoisotopic (exact) mass is 606 g/mol. The number of halogens is 2. The van der Waals surface area contributed by atoms with Gasteiger partial charge in [0, 0.05) is 29.1 Å². The van der Waals surface area contributed by atoms with Gasteiger partial charge in [-0.3, -0.25) is 0 Å². The van der Waals surface area contributed by atoms with Gasteiger partial charge in [-0.2, -0.15) is 0 Å². The average Bonchev–Trinajstić information content (AvgIpc) is 3.13. The van der Waals surface area contributed by atoms with Crippen molar-refractivity contribution >= 4 is 43.1 Å². The minimum atomic E-state index is -3.66. The van der Waals surface area contributed by atoms with Crippen molar-refractivity contribution in [2.24, 2.45) is 0 Å². The zero-order chi connectivity index (χ0) is 27.8. The maximum Gasteiger partial charge on any atom is 0.242 e. The van der Waals surface area contributed by atoms with Gasteiger partial charge in [0.05, 0.1) is 15.5 Å². The van der Waals surface area contributed by atoms with E-state index in [1.165, 1.54) is 4.31 Å². The van der Waals surface area contributed by atoms with Gasteiger partial charge in [0.25, 0.3) is 0 Å². The van der Waals surface area contributed by atoms with E-state index in [1.54, 1.807) is 55.6 Å². The first-order chi connectivity index (χ1) is 18.5. The van der Waals surface area contributed by atoms with Gasteiger partial charge in [-0.25, -0.2) is 21.1 Å². The predicted octanol–water partition coefficient (Wildman–Crippen LogP) is 5.61. The maximum absolute atomic E-state index is 13.2. The van der Waals surface area contributed by atoms with Crippen LogP contribution < -0.4 is 0 Å². The third-order valence-electron chi connectivity index (χ3n) is 8.15. The van der Waals surface area contributed by atoms with Crippen molar-refractivity contribution in [3.8, 4) is 0 Å². The summed E-state index contributed by atoms with van der Waals surface area (Å²) < 4.78 is 53.6. The number of likely N-dealkylation sites (tertiary alicyclic amines) is 1. The Kier molecular flexibility index (Phi) is 8.17. The maximum atomic E-state index is 13.2.